The molecule has 0 unspecified atom stereocenters. The van der Waals surface area contributed by atoms with Crippen LogP contribution in [0.25, 0.3) is 0 Å². The monoisotopic (exact) mass is 273 g/mol. The molecule has 0 N–H and O–H groups in total. The molecule has 7 heteroatoms. The van der Waals surface area contributed by atoms with Crippen molar-refractivity contribution in [3.05, 3.63) is 32.5 Å². The van der Waals surface area contributed by atoms with Crippen LogP contribution in [0.2, 0.25) is 0 Å². The number of nitro groups is 1. The summed E-state index contributed by atoms with van der Waals surface area (Å²) < 4.78 is 0.114. The van der Waals surface area contributed by atoms with Crippen molar-refractivity contribution in [2.45, 2.75) is 0 Å². The van der Waals surface area contributed by atoms with E-state index in [1.54, 1.807) is 14.1 Å². The molecule has 0 aliphatic rings. The van der Waals surface area contributed by atoms with E-state index in [9.17, 15) is 14.9 Å². The first-order valence-corrected chi connectivity index (χ1v) is 4.74. The van der Waals surface area contributed by atoms with Crippen molar-refractivity contribution < 1.29 is 9.72 Å². The highest BCUT2D eigenvalue weighted by molar-refractivity contribution is 9.10. The van der Waals surface area contributed by atoms with Gasteiger partial charge in [0.2, 0.25) is 0 Å². The highest BCUT2D eigenvalue weighted by Crippen LogP contribution is 2.23. The molecule has 1 heterocycles. The maximum absolute atomic E-state index is 11.5. The fourth-order valence-corrected chi connectivity index (χ4v) is 1.30. The van der Waals surface area contributed by atoms with Crippen LogP contribution >= 0.6 is 15.9 Å². The highest BCUT2D eigenvalue weighted by atomic mass is 79.9. The predicted molar refractivity (Wildman–Crippen MR) is 56.6 cm³/mol. The van der Waals surface area contributed by atoms with Crippen molar-refractivity contribution in [1.29, 1.82) is 0 Å². The second kappa shape index (κ2) is 4.35. The molecule has 0 saturated heterocycles. The minimum atomic E-state index is -0.594. The van der Waals surface area contributed by atoms with Crippen molar-refractivity contribution in [2.24, 2.45) is 0 Å². The Hall–Kier alpha value is -1.50. The van der Waals surface area contributed by atoms with Crippen LogP contribution in [0.5, 0.6) is 0 Å². The van der Waals surface area contributed by atoms with E-state index in [0.717, 1.165) is 0 Å². The lowest BCUT2D eigenvalue weighted by Crippen LogP contribution is -2.21. The summed E-state index contributed by atoms with van der Waals surface area (Å²) in [6.07, 6.45) is 1.29. The Labute approximate surface area is 94.2 Å². The van der Waals surface area contributed by atoms with E-state index in [1.807, 2.05) is 0 Å². The molecule has 0 saturated carbocycles. The number of carbonyl (C=O) groups excluding carboxylic acids is 1. The second-order valence-electron chi connectivity index (χ2n) is 2.99. The van der Waals surface area contributed by atoms with Crippen molar-refractivity contribution in [3.8, 4) is 0 Å². The second-order valence-corrected chi connectivity index (χ2v) is 3.74. The number of amides is 1. The van der Waals surface area contributed by atoms with E-state index in [-0.39, 0.29) is 21.8 Å². The topological polar surface area (TPSA) is 76.3 Å². The molecule has 15 heavy (non-hydrogen) atoms. The first-order chi connectivity index (χ1) is 6.93. The SMILES string of the molecule is CN(C)C(=O)c1cnc(Br)c([N+](=O)[O-])c1. The van der Waals surface area contributed by atoms with Gasteiger partial charge in [0.15, 0.2) is 4.60 Å². The van der Waals surface area contributed by atoms with Crippen molar-refractivity contribution in [3.63, 3.8) is 0 Å². The Morgan fingerprint density at radius 2 is 2.20 bits per heavy atom. The number of aromatic nitrogens is 1. The smallest absolute Gasteiger partial charge is 0.302 e. The average Bonchev–Trinajstić information content (AvgIpc) is 2.16. The fraction of sp³-hybridized carbons (Fsp3) is 0.250. The van der Waals surface area contributed by atoms with Gasteiger partial charge in [0.05, 0.1) is 10.5 Å². The molecule has 0 spiro atoms. The number of hydrogen-bond donors (Lipinski definition) is 0. The Morgan fingerprint density at radius 1 is 1.60 bits per heavy atom. The third kappa shape index (κ3) is 2.50. The lowest BCUT2D eigenvalue weighted by molar-refractivity contribution is -0.386. The number of hydrogen-bond acceptors (Lipinski definition) is 4. The number of rotatable bonds is 2. The van der Waals surface area contributed by atoms with Gasteiger partial charge < -0.3 is 4.90 Å². The summed E-state index contributed by atoms with van der Waals surface area (Å²) in [5.74, 6) is -0.321. The third-order valence-electron chi connectivity index (χ3n) is 1.67. The normalized spacial score (nSPS) is 9.80. The van der Waals surface area contributed by atoms with Crippen LogP contribution in [0.4, 0.5) is 5.69 Å². The van der Waals surface area contributed by atoms with Crippen molar-refractivity contribution >= 4 is 27.5 Å². The zero-order valence-electron chi connectivity index (χ0n) is 8.10. The van der Waals surface area contributed by atoms with Gasteiger partial charge in [-0.3, -0.25) is 14.9 Å². The zero-order chi connectivity index (χ0) is 11.6. The van der Waals surface area contributed by atoms with Crippen LogP contribution < -0.4 is 0 Å². The van der Waals surface area contributed by atoms with Gasteiger partial charge in [0.25, 0.3) is 5.91 Å². The molecule has 1 aromatic heterocycles. The standard InChI is InChI=1S/C8H8BrN3O3/c1-11(2)8(13)5-3-6(12(14)15)7(9)10-4-5/h3-4H,1-2H3. The number of nitrogens with zero attached hydrogens (tertiary/aromatic N) is 3. The molecule has 80 valence electrons. The van der Waals surface area contributed by atoms with Crippen LogP contribution in [-0.2, 0) is 0 Å². The molecule has 1 aromatic rings. The fourth-order valence-electron chi connectivity index (χ4n) is 0.940. The van der Waals surface area contributed by atoms with Gasteiger partial charge in [-0.2, -0.15) is 0 Å². The van der Waals surface area contributed by atoms with Gasteiger partial charge in [-0.1, -0.05) is 0 Å². The Morgan fingerprint density at radius 3 is 2.67 bits per heavy atom. The lowest BCUT2D eigenvalue weighted by atomic mass is 10.2. The quantitative estimate of drug-likeness (QED) is 0.464. The van der Waals surface area contributed by atoms with Gasteiger partial charge in [-0.15, -0.1) is 0 Å². The Balaban J connectivity index is 3.19. The Bertz CT molecular complexity index is 420. The molecule has 0 aliphatic heterocycles. The van der Waals surface area contributed by atoms with Gasteiger partial charge >= 0.3 is 5.69 Å². The number of pyridine rings is 1. The van der Waals surface area contributed by atoms with E-state index < -0.39 is 4.92 Å². The van der Waals surface area contributed by atoms with E-state index in [0.29, 0.717) is 0 Å². The minimum absolute atomic E-state index is 0.114. The highest BCUT2D eigenvalue weighted by Gasteiger charge is 2.17. The maximum Gasteiger partial charge on any atom is 0.302 e. The van der Waals surface area contributed by atoms with E-state index >= 15 is 0 Å². The number of carbonyl (C=O) groups is 1. The summed E-state index contributed by atoms with van der Waals surface area (Å²) in [5.41, 5.74) is -0.0300. The number of halogens is 1. The molecule has 0 fully saturated rings. The lowest BCUT2D eigenvalue weighted by Gasteiger charge is -2.09. The zero-order valence-corrected chi connectivity index (χ0v) is 9.69. The molecule has 1 rings (SSSR count). The molecular weight excluding hydrogens is 266 g/mol. The largest absolute Gasteiger partial charge is 0.345 e. The Kier molecular flexibility index (Phi) is 3.35. The third-order valence-corrected chi connectivity index (χ3v) is 2.28. The van der Waals surface area contributed by atoms with Crippen LogP contribution in [-0.4, -0.2) is 34.8 Å². The predicted octanol–water partition coefficient (Wildman–Crippen LogP) is 1.45. The molecule has 0 bridgehead atoms. The first-order valence-electron chi connectivity index (χ1n) is 3.95. The van der Waals surface area contributed by atoms with Crippen LogP contribution in [0.3, 0.4) is 0 Å². The summed E-state index contributed by atoms with van der Waals surface area (Å²) in [7, 11) is 3.13. The van der Waals surface area contributed by atoms with Gasteiger partial charge in [0, 0.05) is 26.4 Å². The van der Waals surface area contributed by atoms with Crippen molar-refractivity contribution in [2.75, 3.05) is 14.1 Å². The first kappa shape index (κ1) is 11.6. The molecule has 0 aromatic carbocycles. The summed E-state index contributed by atoms with van der Waals surface area (Å²) in [6, 6.07) is 1.19. The van der Waals surface area contributed by atoms with Gasteiger partial charge in [0.1, 0.15) is 0 Å². The van der Waals surface area contributed by atoms with Crippen LogP contribution in [0.1, 0.15) is 10.4 Å². The van der Waals surface area contributed by atoms with Crippen molar-refractivity contribution in [1.82, 2.24) is 9.88 Å². The summed E-state index contributed by atoms with van der Waals surface area (Å²) >= 11 is 2.94. The van der Waals surface area contributed by atoms with E-state index in [1.165, 1.54) is 17.2 Å². The summed E-state index contributed by atoms with van der Waals surface area (Å²) in [5, 5.41) is 10.6. The van der Waals surface area contributed by atoms with Crippen LogP contribution in [0, 0.1) is 10.1 Å². The molecule has 1 amide bonds. The summed E-state index contributed by atoms with van der Waals surface area (Å²) in [4.78, 5) is 26.5. The molecular formula is C8H8BrN3O3. The maximum atomic E-state index is 11.5. The minimum Gasteiger partial charge on any atom is -0.345 e. The molecule has 0 atom stereocenters. The molecule has 6 nitrogen and oxygen atoms in total. The molecule has 0 aliphatic carbocycles. The van der Waals surface area contributed by atoms with Gasteiger partial charge in [-0.05, 0) is 15.9 Å². The average molecular weight is 274 g/mol. The summed E-state index contributed by atoms with van der Waals surface area (Å²) in [6.45, 7) is 0. The molecule has 0 radical (unpaired) electrons. The van der Waals surface area contributed by atoms with Gasteiger partial charge in [-0.25, -0.2) is 4.98 Å². The van der Waals surface area contributed by atoms with E-state index in [4.69, 9.17) is 0 Å². The van der Waals surface area contributed by atoms with Crippen LogP contribution in [0.15, 0.2) is 16.9 Å². The van der Waals surface area contributed by atoms with E-state index in [2.05, 4.69) is 20.9 Å².